The van der Waals surface area contributed by atoms with Crippen molar-refractivity contribution in [2.45, 2.75) is 32.6 Å². The summed E-state index contributed by atoms with van der Waals surface area (Å²) in [6.07, 6.45) is 5.03. The van der Waals surface area contributed by atoms with Crippen molar-refractivity contribution in [1.29, 1.82) is 0 Å². The Morgan fingerprint density at radius 2 is 1.57 bits per heavy atom. The van der Waals surface area contributed by atoms with E-state index in [1.165, 1.54) is 25.7 Å². The zero-order valence-electron chi connectivity index (χ0n) is 13.1. The molecule has 23 heavy (non-hydrogen) atoms. The molecule has 122 valence electrons. The number of halogens is 2. The maximum atomic E-state index is 6.05. The molecule has 1 N–H and O–H groups in total. The Balaban J connectivity index is 1.84. The molecule has 0 radical (unpaired) electrons. The third-order valence-corrected chi connectivity index (χ3v) is 4.33. The Morgan fingerprint density at radius 3 is 2.22 bits per heavy atom. The summed E-state index contributed by atoms with van der Waals surface area (Å²) in [4.78, 5) is 11.4. The minimum atomic E-state index is 0.596. The minimum Gasteiger partial charge on any atom is -0.356 e. The molecule has 0 spiro atoms. The van der Waals surface area contributed by atoms with E-state index in [1.807, 2.05) is 25.1 Å². The van der Waals surface area contributed by atoms with Crippen LogP contribution in [0.4, 0.5) is 17.3 Å². The molecule has 1 aliphatic heterocycles. The molecule has 4 nitrogen and oxygen atoms in total. The van der Waals surface area contributed by atoms with Crippen molar-refractivity contribution >= 4 is 40.5 Å². The van der Waals surface area contributed by atoms with Crippen LogP contribution in [-0.4, -0.2) is 23.1 Å². The molecule has 0 saturated carbocycles. The molecule has 0 unspecified atom stereocenters. The van der Waals surface area contributed by atoms with E-state index in [0.717, 1.165) is 36.2 Å². The first-order valence-corrected chi connectivity index (χ1v) is 8.69. The molecule has 2 aromatic rings. The predicted molar refractivity (Wildman–Crippen MR) is 97.2 cm³/mol. The van der Waals surface area contributed by atoms with Crippen LogP contribution in [0.3, 0.4) is 0 Å². The lowest BCUT2D eigenvalue weighted by molar-refractivity contribution is 0.726. The molecule has 2 heterocycles. The number of benzene rings is 1. The number of aryl methyl sites for hydroxylation is 1. The number of hydrogen-bond acceptors (Lipinski definition) is 4. The van der Waals surface area contributed by atoms with Gasteiger partial charge in [0.2, 0.25) is 0 Å². The van der Waals surface area contributed by atoms with Gasteiger partial charge in [-0.05, 0) is 38.0 Å². The predicted octanol–water partition coefficient (Wildman–Crippen LogP) is 5.22. The van der Waals surface area contributed by atoms with Crippen LogP contribution < -0.4 is 10.2 Å². The monoisotopic (exact) mass is 350 g/mol. The third kappa shape index (κ3) is 4.49. The Kier molecular flexibility index (Phi) is 5.23. The van der Waals surface area contributed by atoms with Crippen molar-refractivity contribution in [3.63, 3.8) is 0 Å². The van der Waals surface area contributed by atoms with Gasteiger partial charge in [0.15, 0.2) is 0 Å². The van der Waals surface area contributed by atoms with E-state index in [1.54, 1.807) is 6.07 Å². The second-order valence-corrected chi connectivity index (χ2v) is 6.72. The van der Waals surface area contributed by atoms with Crippen molar-refractivity contribution in [1.82, 2.24) is 9.97 Å². The molecule has 6 heteroatoms. The van der Waals surface area contributed by atoms with Crippen LogP contribution >= 0.6 is 23.2 Å². The number of hydrogen-bond donors (Lipinski definition) is 1. The van der Waals surface area contributed by atoms with E-state index in [0.29, 0.717) is 10.0 Å². The molecular weight excluding hydrogens is 331 g/mol. The Morgan fingerprint density at radius 1 is 0.913 bits per heavy atom. The normalized spacial score (nSPS) is 15.3. The maximum absolute atomic E-state index is 6.05. The Labute approximate surface area is 146 Å². The van der Waals surface area contributed by atoms with E-state index >= 15 is 0 Å². The maximum Gasteiger partial charge on any atom is 0.136 e. The number of nitrogens with zero attached hydrogens (tertiary/aromatic N) is 3. The second kappa shape index (κ2) is 7.37. The molecule has 1 saturated heterocycles. The summed E-state index contributed by atoms with van der Waals surface area (Å²) in [5, 5.41) is 4.47. The highest BCUT2D eigenvalue weighted by atomic mass is 35.5. The lowest BCUT2D eigenvalue weighted by Crippen LogP contribution is -2.25. The van der Waals surface area contributed by atoms with Gasteiger partial charge in [0.25, 0.3) is 0 Å². The highest BCUT2D eigenvalue weighted by Crippen LogP contribution is 2.26. The van der Waals surface area contributed by atoms with Crippen LogP contribution in [0, 0.1) is 6.92 Å². The molecular formula is C17H20Cl2N4. The highest BCUT2D eigenvalue weighted by molar-refractivity contribution is 6.35. The molecule has 1 aliphatic rings. The Bertz CT molecular complexity index is 662. The molecule has 0 amide bonds. The second-order valence-electron chi connectivity index (χ2n) is 5.84. The van der Waals surface area contributed by atoms with E-state index in [2.05, 4.69) is 20.2 Å². The third-order valence-electron chi connectivity index (χ3n) is 3.89. The lowest BCUT2D eigenvalue weighted by Gasteiger charge is -2.22. The van der Waals surface area contributed by atoms with Gasteiger partial charge in [-0.2, -0.15) is 0 Å². The number of nitrogens with one attached hydrogen (secondary N) is 1. The number of anilines is 3. The minimum absolute atomic E-state index is 0.596. The van der Waals surface area contributed by atoms with Crippen LogP contribution in [0.5, 0.6) is 0 Å². The zero-order valence-corrected chi connectivity index (χ0v) is 14.7. The first-order valence-electron chi connectivity index (χ1n) is 7.94. The van der Waals surface area contributed by atoms with Gasteiger partial charge in [-0.15, -0.1) is 0 Å². The Hall–Kier alpha value is -1.52. The summed E-state index contributed by atoms with van der Waals surface area (Å²) in [5.41, 5.74) is 0.822. The van der Waals surface area contributed by atoms with Gasteiger partial charge in [0.05, 0.1) is 0 Å². The average molecular weight is 351 g/mol. The van der Waals surface area contributed by atoms with Gasteiger partial charge in [-0.1, -0.05) is 36.0 Å². The molecule has 0 aliphatic carbocycles. The fraction of sp³-hybridized carbons (Fsp3) is 0.412. The van der Waals surface area contributed by atoms with E-state index < -0.39 is 0 Å². The van der Waals surface area contributed by atoms with Gasteiger partial charge in [0.1, 0.15) is 17.5 Å². The van der Waals surface area contributed by atoms with Crippen molar-refractivity contribution in [2.75, 3.05) is 23.3 Å². The summed E-state index contributed by atoms with van der Waals surface area (Å²) in [5.74, 6) is 2.49. The largest absolute Gasteiger partial charge is 0.356 e. The smallest absolute Gasteiger partial charge is 0.136 e. The average Bonchev–Trinajstić information content (AvgIpc) is 2.74. The molecule has 1 fully saturated rings. The molecule has 1 aromatic heterocycles. The van der Waals surface area contributed by atoms with Gasteiger partial charge >= 0.3 is 0 Å². The fourth-order valence-electron chi connectivity index (χ4n) is 2.85. The summed E-state index contributed by atoms with van der Waals surface area (Å²) in [6.45, 7) is 4.02. The number of rotatable bonds is 3. The summed E-state index contributed by atoms with van der Waals surface area (Å²) < 4.78 is 0. The van der Waals surface area contributed by atoms with Crippen LogP contribution in [0.25, 0.3) is 0 Å². The summed E-state index contributed by atoms with van der Waals surface area (Å²) in [7, 11) is 0. The van der Waals surface area contributed by atoms with Gasteiger partial charge in [-0.3, -0.25) is 0 Å². The van der Waals surface area contributed by atoms with E-state index in [9.17, 15) is 0 Å². The van der Waals surface area contributed by atoms with Gasteiger partial charge in [-0.25, -0.2) is 9.97 Å². The topological polar surface area (TPSA) is 41.1 Å². The van der Waals surface area contributed by atoms with Crippen molar-refractivity contribution in [2.24, 2.45) is 0 Å². The zero-order chi connectivity index (χ0) is 16.2. The molecule has 0 bridgehead atoms. The highest BCUT2D eigenvalue weighted by Gasteiger charge is 2.13. The first-order chi connectivity index (χ1) is 11.1. The van der Waals surface area contributed by atoms with Crippen molar-refractivity contribution in [3.05, 3.63) is 40.1 Å². The summed E-state index contributed by atoms with van der Waals surface area (Å²) >= 11 is 12.1. The van der Waals surface area contributed by atoms with Gasteiger partial charge in [0, 0.05) is 34.9 Å². The van der Waals surface area contributed by atoms with E-state index in [4.69, 9.17) is 23.2 Å². The first kappa shape index (κ1) is 16.3. The van der Waals surface area contributed by atoms with Crippen molar-refractivity contribution in [3.8, 4) is 0 Å². The SMILES string of the molecule is Cc1nc(Nc2cc(Cl)cc(Cl)c2)cc(N2CCCCCC2)n1. The van der Waals surface area contributed by atoms with Crippen LogP contribution in [0.1, 0.15) is 31.5 Å². The van der Waals surface area contributed by atoms with Crippen LogP contribution in [0.15, 0.2) is 24.3 Å². The lowest BCUT2D eigenvalue weighted by atomic mass is 10.2. The van der Waals surface area contributed by atoms with Gasteiger partial charge < -0.3 is 10.2 Å². The van der Waals surface area contributed by atoms with Crippen molar-refractivity contribution < 1.29 is 0 Å². The number of aromatic nitrogens is 2. The molecule has 3 rings (SSSR count). The fourth-order valence-corrected chi connectivity index (χ4v) is 3.38. The van der Waals surface area contributed by atoms with Crippen LogP contribution in [0.2, 0.25) is 10.0 Å². The molecule has 1 aromatic carbocycles. The standard InChI is InChI=1S/C17H20Cl2N4/c1-12-20-16(22-15-9-13(18)8-14(19)10-15)11-17(21-12)23-6-4-2-3-5-7-23/h8-11H,2-7H2,1H3,(H,20,21,22). The quantitative estimate of drug-likeness (QED) is 0.824. The molecule has 0 atom stereocenters. The summed E-state index contributed by atoms with van der Waals surface area (Å²) in [6, 6.07) is 7.36. The van der Waals surface area contributed by atoms with Crippen LogP contribution in [-0.2, 0) is 0 Å². The van der Waals surface area contributed by atoms with E-state index in [-0.39, 0.29) is 0 Å².